The number of hydrogen-bond donors (Lipinski definition) is 0. The molecule has 0 aliphatic heterocycles. The van der Waals surface area contributed by atoms with E-state index in [1.165, 1.54) is 44.2 Å². The normalized spacial score (nSPS) is 12.9. The van der Waals surface area contributed by atoms with Crippen LogP contribution in [0.3, 0.4) is 0 Å². The van der Waals surface area contributed by atoms with Gasteiger partial charge in [0.05, 0.1) is 11.4 Å². The Balaban J connectivity index is 1.13. The maximum Gasteiger partial charge on any atom is 0.160 e. The van der Waals surface area contributed by atoms with Crippen LogP contribution in [0.5, 0.6) is 0 Å². The van der Waals surface area contributed by atoms with Crippen molar-refractivity contribution in [1.29, 1.82) is 0 Å². The average Bonchev–Trinajstić information content (AvgIpc) is 3.42. The van der Waals surface area contributed by atoms with Gasteiger partial charge >= 0.3 is 0 Å². The Morgan fingerprint density at radius 3 is 1.69 bits per heavy atom. The van der Waals surface area contributed by atoms with E-state index in [9.17, 15) is 0 Å². The fourth-order valence-corrected chi connectivity index (χ4v) is 7.65. The van der Waals surface area contributed by atoms with Gasteiger partial charge in [-0.15, -0.1) is 0 Å². The highest BCUT2D eigenvalue weighted by Crippen LogP contribution is 2.54. The van der Waals surface area contributed by atoms with Crippen molar-refractivity contribution in [2.24, 2.45) is 0 Å². The third-order valence-corrected chi connectivity index (χ3v) is 10.1. The summed E-state index contributed by atoms with van der Waals surface area (Å²) in [4.78, 5) is 10.1. The molecule has 0 atom stereocenters. The summed E-state index contributed by atoms with van der Waals surface area (Å²) >= 11 is 0. The van der Waals surface area contributed by atoms with Gasteiger partial charge in [-0.25, -0.2) is 9.97 Å². The lowest BCUT2D eigenvalue weighted by Gasteiger charge is -2.24. The zero-order chi connectivity index (χ0) is 33.0. The number of rotatable bonds is 5. The first kappa shape index (κ1) is 29.1. The summed E-state index contributed by atoms with van der Waals surface area (Å²) in [5.41, 5.74) is 15.2. The first-order valence-electron chi connectivity index (χ1n) is 16.9. The van der Waals surface area contributed by atoms with Gasteiger partial charge in [-0.3, -0.25) is 0 Å². The molecule has 0 saturated heterocycles. The molecule has 0 N–H and O–H groups in total. The van der Waals surface area contributed by atoms with Crippen molar-refractivity contribution < 1.29 is 0 Å². The topological polar surface area (TPSA) is 25.8 Å². The lowest BCUT2D eigenvalue weighted by atomic mass is 9.79. The molecule has 0 spiro atoms. The van der Waals surface area contributed by atoms with Crippen LogP contribution in [0.4, 0.5) is 0 Å². The number of benzene rings is 7. The number of fused-ring (bicyclic) bond motifs is 5. The minimum Gasteiger partial charge on any atom is -0.228 e. The van der Waals surface area contributed by atoms with Gasteiger partial charge in [-0.1, -0.05) is 166 Å². The van der Waals surface area contributed by atoms with Crippen LogP contribution in [0.15, 0.2) is 170 Å². The van der Waals surface area contributed by atoms with Crippen molar-refractivity contribution in [3.8, 4) is 67.3 Å². The zero-order valence-corrected chi connectivity index (χ0v) is 27.6. The first-order valence-corrected chi connectivity index (χ1v) is 16.9. The Hall–Kier alpha value is -6.12. The highest BCUT2D eigenvalue weighted by Gasteiger charge is 2.38. The second kappa shape index (κ2) is 11.5. The van der Waals surface area contributed by atoms with Gasteiger partial charge in [0, 0.05) is 22.1 Å². The standard InChI is InChI=1S/C47H34N2/c1-47(2)41-23-12-11-22-39(41)44-40(29-36-18-9-10-21-38(36)45(44)47)32-26-24-31(25-27-32)35-19-13-20-37(28-35)46-48-42(33-14-5-3-6-15-33)30-43(49-46)34-16-7-4-8-17-34/h3-30H,1-2H3. The second-order valence-corrected chi connectivity index (χ2v) is 13.4. The van der Waals surface area contributed by atoms with Crippen LogP contribution in [0, 0.1) is 0 Å². The molecule has 232 valence electrons. The molecule has 0 amide bonds. The van der Waals surface area contributed by atoms with Gasteiger partial charge < -0.3 is 0 Å². The molecule has 1 aliphatic rings. The Kier molecular flexibility index (Phi) is 6.84. The number of hydrogen-bond acceptors (Lipinski definition) is 2. The van der Waals surface area contributed by atoms with E-state index in [1.54, 1.807) is 0 Å². The molecule has 0 fully saturated rings. The van der Waals surface area contributed by atoms with Gasteiger partial charge in [-0.2, -0.15) is 0 Å². The summed E-state index contributed by atoms with van der Waals surface area (Å²) in [5.74, 6) is 0.715. The molecule has 0 bridgehead atoms. The molecule has 7 aromatic carbocycles. The van der Waals surface area contributed by atoms with Gasteiger partial charge in [0.1, 0.15) is 0 Å². The fraction of sp³-hybridized carbons (Fsp3) is 0.0638. The van der Waals surface area contributed by atoms with E-state index in [2.05, 4.69) is 172 Å². The van der Waals surface area contributed by atoms with E-state index in [1.807, 2.05) is 12.1 Å². The molecular formula is C47H34N2. The quantitative estimate of drug-likeness (QED) is 0.190. The summed E-state index contributed by atoms with van der Waals surface area (Å²) < 4.78 is 0. The minimum atomic E-state index is -0.0812. The Labute approximate surface area is 287 Å². The first-order chi connectivity index (χ1) is 24.0. The van der Waals surface area contributed by atoms with E-state index in [4.69, 9.17) is 9.97 Å². The van der Waals surface area contributed by atoms with Crippen molar-refractivity contribution in [3.05, 3.63) is 181 Å². The monoisotopic (exact) mass is 626 g/mol. The SMILES string of the molecule is CC1(C)c2ccccc2-c2c(-c3ccc(-c4cccc(-c5nc(-c6ccccc6)cc(-c6ccccc6)n5)c4)cc3)cc3ccccc3c21. The molecular weight excluding hydrogens is 593 g/mol. The maximum atomic E-state index is 5.07. The molecule has 1 aromatic heterocycles. The fourth-order valence-electron chi connectivity index (χ4n) is 7.65. The van der Waals surface area contributed by atoms with Gasteiger partial charge in [-0.05, 0) is 73.5 Å². The summed E-state index contributed by atoms with van der Waals surface area (Å²) in [6, 6.07) is 60.5. The van der Waals surface area contributed by atoms with Crippen LogP contribution in [0.25, 0.3) is 78.1 Å². The highest BCUT2D eigenvalue weighted by atomic mass is 14.9. The molecule has 9 rings (SSSR count). The van der Waals surface area contributed by atoms with Crippen LogP contribution >= 0.6 is 0 Å². The van der Waals surface area contributed by atoms with Gasteiger partial charge in [0.15, 0.2) is 5.82 Å². The van der Waals surface area contributed by atoms with Crippen molar-refractivity contribution in [2.45, 2.75) is 19.3 Å². The maximum absolute atomic E-state index is 5.07. The Bertz CT molecular complexity index is 2440. The van der Waals surface area contributed by atoms with Crippen molar-refractivity contribution in [3.63, 3.8) is 0 Å². The summed E-state index contributed by atoms with van der Waals surface area (Å²) in [5, 5.41) is 2.62. The van der Waals surface area contributed by atoms with Crippen molar-refractivity contribution in [1.82, 2.24) is 9.97 Å². The van der Waals surface area contributed by atoms with Crippen LogP contribution in [-0.4, -0.2) is 9.97 Å². The largest absolute Gasteiger partial charge is 0.228 e. The van der Waals surface area contributed by atoms with Crippen LogP contribution in [-0.2, 0) is 5.41 Å². The van der Waals surface area contributed by atoms with E-state index in [-0.39, 0.29) is 5.41 Å². The van der Waals surface area contributed by atoms with Crippen LogP contribution in [0.2, 0.25) is 0 Å². The lowest BCUT2D eigenvalue weighted by Crippen LogP contribution is -2.15. The summed E-state index contributed by atoms with van der Waals surface area (Å²) in [6.45, 7) is 4.73. The third kappa shape index (κ3) is 4.96. The molecule has 0 unspecified atom stereocenters. The number of aromatic nitrogens is 2. The molecule has 1 heterocycles. The molecule has 8 aromatic rings. The highest BCUT2D eigenvalue weighted by molar-refractivity contribution is 6.04. The summed E-state index contributed by atoms with van der Waals surface area (Å²) in [6.07, 6.45) is 0. The lowest BCUT2D eigenvalue weighted by molar-refractivity contribution is 0.666. The molecule has 49 heavy (non-hydrogen) atoms. The van der Waals surface area contributed by atoms with Crippen LogP contribution < -0.4 is 0 Å². The third-order valence-electron chi connectivity index (χ3n) is 10.1. The molecule has 2 heteroatoms. The van der Waals surface area contributed by atoms with Crippen molar-refractivity contribution in [2.75, 3.05) is 0 Å². The minimum absolute atomic E-state index is 0.0812. The van der Waals surface area contributed by atoms with Gasteiger partial charge in [0.2, 0.25) is 0 Å². The second-order valence-electron chi connectivity index (χ2n) is 13.4. The Morgan fingerprint density at radius 2 is 0.980 bits per heavy atom. The molecule has 1 aliphatic carbocycles. The zero-order valence-electron chi connectivity index (χ0n) is 27.6. The van der Waals surface area contributed by atoms with Crippen molar-refractivity contribution >= 4 is 10.8 Å². The van der Waals surface area contributed by atoms with E-state index in [0.717, 1.165) is 39.2 Å². The number of nitrogens with zero attached hydrogens (tertiary/aromatic N) is 2. The molecule has 0 saturated carbocycles. The van der Waals surface area contributed by atoms with E-state index < -0.39 is 0 Å². The van der Waals surface area contributed by atoms with E-state index >= 15 is 0 Å². The predicted molar refractivity (Wildman–Crippen MR) is 204 cm³/mol. The average molecular weight is 627 g/mol. The molecule has 0 radical (unpaired) electrons. The Morgan fingerprint density at radius 1 is 0.408 bits per heavy atom. The molecule has 2 nitrogen and oxygen atoms in total. The smallest absolute Gasteiger partial charge is 0.160 e. The summed E-state index contributed by atoms with van der Waals surface area (Å²) in [7, 11) is 0. The van der Waals surface area contributed by atoms with E-state index in [0.29, 0.717) is 5.82 Å². The predicted octanol–water partition coefficient (Wildman–Crippen LogP) is 12.3. The van der Waals surface area contributed by atoms with Gasteiger partial charge in [0.25, 0.3) is 0 Å². The van der Waals surface area contributed by atoms with Crippen LogP contribution in [0.1, 0.15) is 25.0 Å².